The smallest absolute Gasteiger partial charge is 0.231 e. The number of ether oxygens (including phenoxy) is 2. The van der Waals surface area contributed by atoms with Gasteiger partial charge in [-0.1, -0.05) is 6.07 Å². The highest BCUT2D eigenvalue weighted by Crippen LogP contribution is 2.50. The van der Waals surface area contributed by atoms with Gasteiger partial charge >= 0.3 is 0 Å². The minimum absolute atomic E-state index is 0.149. The van der Waals surface area contributed by atoms with Crippen LogP contribution in [0.15, 0.2) is 12.1 Å². The zero-order chi connectivity index (χ0) is 9.76. The average molecular weight is 191 g/mol. The maximum Gasteiger partial charge on any atom is 0.231 e. The predicted molar refractivity (Wildman–Crippen MR) is 52.4 cm³/mol. The van der Waals surface area contributed by atoms with Gasteiger partial charge in [-0.05, 0) is 31.4 Å². The SMILES string of the molecule is Cc1cc2c(c(C3(N)CC3)c1)OCO2. The van der Waals surface area contributed by atoms with Crippen LogP contribution in [0, 0.1) is 6.92 Å². The molecule has 1 aliphatic heterocycles. The first-order chi connectivity index (χ1) is 6.69. The van der Waals surface area contributed by atoms with Crippen LogP contribution in [0.4, 0.5) is 0 Å². The van der Waals surface area contributed by atoms with Crippen molar-refractivity contribution >= 4 is 0 Å². The highest BCUT2D eigenvalue weighted by molar-refractivity contribution is 5.54. The molecule has 3 heteroatoms. The fraction of sp³-hybridized carbons (Fsp3) is 0.455. The number of rotatable bonds is 1. The van der Waals surface area contributed by atoms with E-state index in [-0.39, 0.29) is 5.54 Å². The minimum atomic E-state index is -0.149. The van der Waals surface area contributed by atoms with E-state index in [0.29, 0.717) is 6.79 Å². The van der Waals surface area contributed by atoms with E-state index in [9.17, 15) is 0 Å². The van der Waals surface area contributed by atoms with Gasteiger partial charge in [-0.3, -0.25) is 0 Å². The normalized spacial score (nSPS) is 21.0. The molecule has 3 nitrogen and oxygen atoms in total. The molecule has 1 aromatic rings. The summed E-state index contributed by atoms with van der Waals surface area (Å²) in [5.41, 5.74) is 8.32. The fourth-order valence-corrected chi connectivity index (χ4v) is 1.92. The lowest BCUT2D eigenvalue weighted by molar-refractivity contribution is 0.173. The molecule has 1 aliphatic carbocycles. The third-order valence-corrected chi connectivity index (χ3v) is 2.94. The number of benzene rings is 1. The third-order valence-electron chi connectivity index (χ3n) is 2.94. The fourth-order valence-electron chi connectivity index (χ4n) is 1.92. The summed E-state index contributed by atoms with van der Waals surface area (Å²) in [7, 11) is 0. The van der Waals surface area contributed by atoms with Crippen LogP contribution in [0.25, 0.3) is 0 Å². The minimum Gasteiger partial charge on any atom is -0.454 e. The lowest BCUT2D eigenvalue weighted by Gasteiger charge is -2.13. The molecule has 1 fully saturated rings. The summed E-state index contributed by atoms with van der Waals surface area (Å²) >= 11 is 0. The van der Waals surface area contributed by atoms with E-state index in [0.717, 1.165) is 29.9 Å². The maximum atomic E-state index is 6.17. The van der Waals surface area contributed by atoms with E-state index in [1.807, 2.05) is 6.07 Å². The summed E-state index contributed by atoms with van der Waals surface area (Å²) in [4.78, 5) is 0. The molecule has 1 aromatic carbocycles. The van der Waals surface area contributed by atoms with Crippen LogP contribution in [0.1, 0.15) is 24.0 Å². The standard InChI is InChI=1S/C11H13NO2/c1-7-4-8(11(12)2-3-11)10-9(5-7)13-6-14-10/h4-5H,2-3,6,12H2,1H3. The Morgan fingerprint density at radius 1 is 1.29 bits per heavy atom. The maximum absolute atomic E-state index is 6.17. The Kier molecular flexibility index (Phi) is 1.40. The first kappa shape index (κ1) is 8.12. The van der Waals surface area contributed by atoms with E-state index >= 15 is 0 Å². The Labute approximate surface area is 82.8 Å². The van der Waals surface area contributed by atoms with Gasteiger partial charge < -0.3 is 15.2 Å². The molecular formula is C11H13NO2. The Morgan fingerprint density at radius 3 is 2.79 bits per heavy atom. The van der Waals surface area contributed by atoms with Crippen LogP contribution < -0.4 is 15.2 Å². The molecule has 0 saturated heterocycles. The second kappa shape index (κ2) is 2.42. The highest BCUT2D eigenvalue weighted by Gasteiger charge is 2.43. The van der Waals surface area contributed by atoms with Gasteiger partial charge in [0, 0.05) is 11.1 Å². The molecule has 0 spiro atoms. The van der Waals surface area contributed by atoms with Crippen molar-refractivity contribution in [3.05, 3.63) is 23.3 Å². The Bertz CT molecular complexity index is 397. The zero-order valence-corrected chi connectivity index (χ0v) is 8.17. The summed E-state index contributed by atoms with van der Waals surface area (Å²) in [5, 5.41) is 0. The number of hydrogen-bond donors (Lipinski definition) is 1. The topological polar surface area (TPSA) is 44.5 Å². The molecule has 2 aliphatic rings. The van der Waals surface area contributed by atoms with Crippen molar-refractivity contribution in [3.63, 3.8) is 0 Å². The molecule has 0 atom stereocenters. The van der Waals surface area contributed by atoms with Crippen LogP contribution in [0.2, 0.25) is 0 Å². The molecule has 1 heterocycles. The van der Waals surface area contributed by atoms with E-state index in [1.54, 1.807) is 0 Å². The summed E-state index contributed by atoms with van der Waals surface area (Å²) < 4.78 is 10.8. The van der Waals surface area contributed by atoms with Crippen molar-refractivity contribution in [2.24, 2.45) is 5.73 Å². The van der Waals surface area contributed by atoms with Crippen molar-refractivity contribution in [1.82, 2.24) is 0 Å². The third kappa shape index (κ3) is 1.02. The molecule has 3 rings (SSSR count). The van der Waals surface area contributed by atoms with Gasteiger partial charge in [-0.2, -0.15) is 0 Å². The monoisotopic (exact) mass is 191 g/mol. The second-order valence-electron chi connectivity index (χ2n) is 4.20. The van der Waals surface area contributed by atoms with Crippen molar-refractivity contribution in [3.8, 4) is 11.5 Å². The molecule has 14 heavy (non-hydrogen) atoms. The van der Waals surface area contributed by atoms with Crippen molar-refractivity contribution in [2.45, 2.75) is 25.3 Å². The van der Waals surface area contributed by atoms with Crippen LogP contribution in [-0.4, -0.2) is 6.79 Å². The molecule has 0 unspecified atom stereocenters. The van der Waals surface area contributed by atoms with Crippen LogP contribution in [0.3, 0.4) is 0 Å². The lowest BCUT2D eigenvalue weighted by atomic mass is 10.0. The van der Waals surface area contributed by atoms with Crippen LogP contribution >= 0.6 is 0 Å². The molecule has 0 amide bonds. The molecule has 2 N–H and O–H groups in total. The summed E-state index contributed by atoms with van der Waals surface area (Å²) in [6, 6.07) is 4.11. The summed E-state index contributed by atoms with van der Waals surface area (Å²) in [6.45, 7) is 2.37. The number of hydrogen-bond acceptors (Lipinski definition) is 3. The second-order valence-corrected chi connectivity index (χ2v) is 4.20. The Hall–Kier alpha value is -1.22. The van der Waals surface area contributed by atoms with Crippen molar-refractivity contribution in [1.29, 1.82) is 0 Å². The van der Waals surface area contributed by atoms with Gasteiger partial charge in [0.25, 0.3) is 0 Å². The summed E-state index contributed by atoms with van der Waals surface area (Å²) in [6.07, 6.45) is 2.10. The van der Waals surface area contributed by atoms with E-state index in [1.165, 1.54) is 5.56 Å². The molecular weight excluding hydrogens is 178 g/mol. The van der Waals surface area contributed by atoms with E-state index < -0.39 is 0 Å². The molecule has 74 valence electrons. The molecule has 1 saturated carbocycles. The molecule has 0 bridgehead atoms. The van der Waals surface area contributed by atoms with Gasteiger partial charge in [0.1, 0.15) is 0 Å². The Balaban J connectivity index is 2.19. The van der Waals surface area contributed by atoms with Gasteiger partial charge in [-0.15, -0.1) is 0 Å². The number of fused-ring (bicyclic) bond motifs is 1. The molecule has 0 radical (unpaired) electrons. The van der Waals surface area contributed by atoms with Crippen molar-refractivity contribution in [2.75, 3.05) is 6.79 Å². The highest BCUT2D eigenvalue weighted by atomic mass is 16.7. The van der Waals surface area contributed by atoms with Crippen LogP contribution in [-0.2, 0) is 5.54 Å². The zero-order valence-electron chi connectivity index (χ0n) is 8.17. The lowest BCUT2D eigenvalue weighted by Crippen LogP contribution is -2.19. The number of aryl methyl sites for hydroxylation is 1. The molecule has 0 aromatic heterocycles. The first-order valence-electron chi connectivity index (χ1n) is 4.89. The van der Waals surface area contributed by atoms with Gasteiger partial charge in [0.15, 0.2) is 11.5 Å². The van der Waals surface area contributed by atoms with Crippen molar-refractivity contribution < 1.29 is 9.47 Å². The number of nitrogens with two attached hydrogens (primary N) is 1. The Morgan fingerprint density at radius 2 is 2.07 bits per heavy atom. The van der Waals surface area contributed by atoms with E-state index in [4.69, 9.17) is 15.2 Å². The summed E-state index contributed by atoms with van der Waals surface area (Å²) in [5.74, 6) is 1.70. The largest absolute Gasteiger partial charge is 0.454 e. The van der Waals surface area contributed by atoms with Gasteiger partial charge in [-0.25, -0.2) is 0 Å². The average Bonchev–Trinajstić information content (AvgIpc) is 2.74. The van der Waals surface area contributed by atoms with Gasteiger partial charge in [0.2, 0.25) is 6.79 Å². The van der Waals surface area contributed by atoms with E-state index in [2.05, 4.69) is 13.0 Å². The van der Waals surface area contributed by atoms with Crippen LogP contribution in [0.5, 0.6) is 11.5 Å². The first-order valence-corrected chi connectivity index (χ1v) is 4.89. The van der Waals surface area contributed by atoms with Gasteiger partial charge in [0.05, 0.1) is 0 Å². The predicted octanol–water partition coefficient (Wildman–Crippen LogP) is 1.67. The quantitative estimate of drug-likeness (QED) is 0.734.